The lowest BCUT2D eigenvalue weighted by Crippen LogP contribution is -1.94. The maximum Gasteiger partial charge on any atom is 0.101 e. The van der Waals surface area contributed by atoms with Gasteiger partial charge < -0.3 is 0 Å². The standard InChI is InChI=1S/C10H8BrCl2N3/c1-6(12)10-5-16(15-14-10)7-2-3-8(11)9(13)4-7/h2-6H,1H3. The molecule has 0 amide bonds. The molecule has 0 bridgehead atoms. The normalized spacial score (nSPS) is 12.8. The van der Waals surface area contributed by atoms with Gasteiger partial charge in [0.05, 0.1) is 22.3 Å². The van der Waals surface area contributed by atoms with E-state index in [1.165, 1.54) is 0 Å². The molecule has 1 heterocycles. The van der Waals surface area contributed by atoms with Gasteiger partial charge in [0.25, 0.3) is 0 Å². The fourth-order valence-electron chi connectivity index (χ4n) is 1.21. The summed E-state index contributed by atoms with van der Waals surface area (Å²) in [6, 6.07) is 5.57. The summed E-state index contributed by atoms with van der Waals surface area (Å²) >= 11 is 15.2. The van der Waals surface area contributed by atoms with Gasteiger partial charge in [-0.2, -0.15) is 0 Å². The van der Waals surface area contributed by atoms with Gasteiger partial charge in [-0.1, -0.05) is 16.8 Å². The molecule has 1 aromatic heterocycles. The smallest absolute Gasteiger partial charge is 0.101 e. The number of hydrogen-bond acceptors (Lipinski definition) is 2. The van der Waals surface area contributed by atoms with Crippen LogP contribution in [0, 0.1) is 0 Å². The van der Waals surface area contributed by atoms with E-state index in [2.05, 4.69) is 26.2 Å². The second-order valence-electron chi connectivity index (χ2n) is 3.30. The van der Waals surface area contributed by atoms with Crippen molar-refractivity contribution in [2.24, 2.45) is 0 Å². The minimum absolute atomic E-state index is 0.153. The van der Waals surface area contributed by atoms with Crippen molar-refractivity contribution in [2.45, 2.75) is 12.3 Å². The van der Waals surface area contributed by atoms with Gasteiger partial charge in [-0.25, -0.2) is 4.68 Å². The molecule has 0 N–H and O–H groups in total. The maximum atomic E-state index is 6.00. The summed E-state index contributed by atoms with van der Waals surface area (Å²) in [5.41, 5.74) is 1.59. The molecule has 84 valence electrons. The van der Waals surface area contributed by atoms with Crippen molar-refractivity contribution in [2.75, 3.05) is 0 Å². The number of alkyl halides is 1. The Hall–Kier alpha value is -0.580. The van der Waals surface area contributed by atoms with E-state index in [1.807, 2.05) is 25.1 Å². The van der Waals surface area contributed by atoms with Gasteiger partial charge in [0, 0.05) is 4.47 Å². The third-order valence-electron chi connectivity index (χ3n) is 2.09. The average molecular weight is 321 g/mol. The van der Waals surface area contributed by atoms with Gasteiger partial charge in [0.2, 0.25) is 0 Å². The molecule has 2 aromatic rings. The lowest BCUT2D eigenvalue weighted by Gasteiger charge is -2.01. The molecule has 0 radical (unpaired) electrons. The average Bonchev–Trinajstić information content (AvgIpc) is 2.71. The number of rotatable bonds is 2. The molecule has 0 saturated heterocycles. The van der Waals surface area contributed by atoms with Gasteiger partial charge in [-0.15, -0.1) is 16.7 Å². The summed E-state index contributed by atoms with van der Waals surface area (Å²) in [6.07, 6.45) is 1.79. The van der Waals surface area contributed by atoms with Crippen LogP contribution in [0.1, 0.15) is 18.0 Å². The maximum absolute atomic E-state index is 6.00. The SMILES string of the molecule is CC(Cl)c1cn(-c2ccc(Br)c(Cl)c2)nn1. The summed E-state index contributed by atoms with van der Waals surface area (Å²) < 4.78 is 2.50. The zero-order valence-corrected chi connectivity index (χ0v) is 11.5. The Kier molecular flexibility index (Phi) is 3.52. The Bertz CT molecular complexity index is 511. The predicted molar refractivity (Wildman–Crippen MR) is 68.3 cm³/mol. The number of hydrogen-bond donors (Lipinski definition) is 0. The largest absolute Gasteiger partial charge is 0.220 e. The van der Waals surface area contributed by atoms with Crippen molar-refractivity contribution < 1.29 is 0 Å². The van der Waals surface area contributed by atoms with Crippen LogP contribution in [0.4, 0.5) is 0 Å². The van der Waals surface area contributed by atoms with Crippen LogP contribution in [-0.2, 0) is 0 Å². The Morgan fingerprint density at radius 2 is 2.19 bits per heavy atom. The van der Waals surface area contributed by atoms with Crippen LogP contribution in [0.5, 0.6) is 0 Å². The highest BCUT2D eigenvalue weighted by atomic mass is 79.9. The molecule has 0 spiro atoms. The summed E-state index contributed by atoms with van der Waals surface area (Å²) in [7, 11) is 0. The molecule has 0 fully saturated rings. The van der Waals surface area contributed by atoms with Gasteiger partial charge in [0.15, 0.2) is 0 Å². The molecule has 6 heteroatoms. The summed E-state index contributed by atoms with van der Waals surface area (Å²) in [5.74, 6) is 0. The van der Waals surface area contributed by atoms with Crippen LogP contribution < -0.4 is 0 Å². The van der Waals surface area contributed by atoms with Crippen LogP contribution in [0.15, 0.2) is 28.9 Å². The van der Waals surface area contributed by atoms with E-state index in [0.29, 0.717) is 5.02 Å². The highest BCUT2D eigenvalue weighted by Gasteiger charge is 2.08. The number of halogens is 3. The summed E-state index contributed by atoms with van der Waals surface area (Å²) in [4.78, 5) is 0. The molecule has 2 rings (SSSR count). The highest BCUT2D eigenvalue weighted by molar-refractivity contribution is 9.10. The molecule has 16 heavy (non-hydrogen) atoms. The third kappa shape index (κ3) is 2.39. The van der Waals surface area contributed by atoms with Crippen LogP contribution in [-0.4, -0.2) is 15.0 Å². The first kappa shape index (κ1) is 11.9. The molecule has 0 aliphatic rings. The predicted octanol–water partition coefficient (Wildman–Crippen LogP) is 3.98. The number of benzene rings is 1. The summed E-state index contributed by atoms with van der Waals surface area (Å²) in [5, 5.41) is 8.44. The molecule has 0 aliphatic carbocycles. The molecule has 1 unspecified atom stereocenters. The minimum atomic E-state index is -0.153. The van der Waals surface area contributed by atoms with E-state index in [0.717, 1.165) is 15.9 Å². The van der Waals surface area contributed by atoms with Crippen LogP contribution in [0.25, 0.3) is 5.69 Å². The molecule has 0 aliphatic heterocycles. The first-order valence-electron chi connectivity index (χ1n) is 4.59. The Balaban J connectivity index is 2.39. The molecule has 3 nitrogen and oxygen atoms in total. The fraction of sp³-hybridized carbons (Fsp3) is 0.200. The van der Waals surface area contributed by atoms with E-state index < -0.39 is 0 Å². The monoisotopic (exact) mass is 319 g/mol. The van der Waals surface area contributed by atoms with E-state index in [-0.39, 0.29) is 5.38 Å². The quantitative estimate of drug-likeness (QED) is 0.783. The second-order valence-corrected chi connectivity index (χ2v) is 5.22. The van der Waals surface area contributed by atoms with Gasteiger partial charge in [-0.05, 0) is 41.1 Å². The number of nitrogens with zero attached hydrogens (tertiary/aromatic N) is 3. The first-order valence-corrected chi connectivity index (χ1v) is 6.20. The Labute approximate surface area is 111 Å². The zero-order valence-electron chi connectivity index (χ0n) is 8.36. The topological polar surface area (TPSA) is 30.7 Å². The third-order valence-corrected chi connectivity index (χ3v) is 3.54. The van der Waals surface area contributed by atoms with E-state index in [1.54, 1.807) is 10.9 Å². The lowest BCUT2D eigenvalue weighted by molar-refractivity contribution is 0.796. The molecule has 1 aromatic carbocycles. The molecule has 0 saturated carbocycles. The first-order chi connectivity index (χ1) is 7.58. The van der Waals surface area contributed by atoms with Crippen molar-refractivity contribution in [3.05, 3.63) is 39.6 Å². The van der Waals surface area contributed by atoms with Crippen LogP contribution in [0.3, 0.4) is 0 Å². The molecular formula is C10H8BrCl2N3. The van der Waals surface area contributed by atoms with Crippen molar-refractivity contribution in [3.63, 3.8) is 0 Å². The Morgan fingerprint density at radius 1 is 1.44 bits per heavy atom. The van der Waals surface area contributed by atoms with E-state index >= 15 is 0 Å². The summed E-state index contributed by atoms with van der Waals surface area (Å²) in [6.45, 7) is 1.85. The van der Waals surface area contributed by atoms with Crippen LogP contribution >= 0.6 is 39.1 Å². The van der Waals surface area contributed by atoms with E-state index in [9.17, 15) is 0 Å². The Morgan fingerprint density at radius 3 is 2.75 bits per heavy atom. The second kappa shape index (κ2) is 4.73. The molecular weight excluding hydrogens is 313 g/mol. The fourth-order valence-corrected chi connectivity index (χ4v) is 1.73. The van der Waals surface area contributed by atoms with Gasteiger partial charge in [-0.3, -0.25) is 0 Å². The van der Waals surface area contributed by atoms with E-state index in [4.69, 9.17) is 23.2 Å². The number of aromatic nitrogens is 3. The zero-order chi connectivity index (χ0) is 11.7. The minimum Gasteiger partial charge on any atom is -0.220 e. The van der Waals surface area contributed by atoms with Crippen molar-refractivity contribution in [1.82, 2.24) is 15.0 Å². The van der Waals surface area contributed by atoms with Gasteiger partial charge in [0.1, 0.15) is 5.69 Å². The highest BCUT2D eigenvalue weighted by Crippen LogP contribution is 2.25. The van der Waals surface area contributed by atoms with Crippen LogP contribution in [0.2, 0.25) is 5.02 Å². The lowest BCUT2D eigenvalue weighted by atomic mass is 10.3. The van der Waals surface area contributed by atoms with Crippen molar-refractivity contribution in [3.8, 4) is 5.69 Å². The molecule has 1 atom stereocenters. The van der Waals surface area contributed by atoms with Crippen molar-refractivity contribution >= 4 is 39.1 Å². The van der Waals surface area contributed by atoms with Gasteiger partial charge >= 0.3 is 0 Å². The van der Waals surface area contributed by atoms with Crippen molar-refractivity contribution in [1.29, 1.82) is 0 Å².